The summed E-state index contributed by atoms with van der Waals surface area (Å²) in [5.74, 6) is -0.844. The molecule has 0 bridgehead atoms. The van der Waals surface area contributed by atoms with Gasteiger partial charge in [0.1, 0.15) is 6.10 Å². The molecule has 1 rings (SSSR count). The Morgan fingerprint density at radius 2 is 1.92 bits per heavy atom. The smallest absolute Gasteiger partial charge is 0.303 e. The van der Waals surface area contributed by atoms with Gasteiger partial charge in [-0.05, 0) is 13.8 Å². The van der Waals surface area contributed by atoms with Crippen molar-refractivity contribution >= 4 is 5.97 Å². The third-order valence-corrected chi connectivity index (χ3v) is 1.57. The zero-order valence-corrected chi connectivity index (χ0v) is 7.62. The number of hydrogen-bond acceptors (Lipinski definition) is 4. The maximum absolute atomic E-state index is 10.5. The van der Waals surface area contributed by atoms with E-state index < -0.39 is 5.79 Å². The predicted octanol–water partition coefficient (Wildman–Crippen LogP) is 0.701. The van der Waals surface area contributed by atoms with Gasteiger partial charge in [0.05, 0.1) is 13.2 Å². The van der Waals surface area contributed by atoms with Gasteiger partial charge < -0.3 is 14.2 Å². The Morgan fingerprint density at radius 3 is 2.33 bits per heavy atom. The van der Waals surface area contributed by atoms with Crippen LogP contribution in [0.15, 0.2) is 0 Å². The van der Waals surface area contributed by atoms with E-state index in [9.17, 15) is 4.79 Å². The van der Waals surface area contributed by atoms with E-state index in [4.69, 9.17) is 14.2 Å². The van der Waals surface area contributed by atoms with Crippen molar-refractivity contribution in [1.29, 1.82) is 0 Å². The highest BCUT2D eigenvalue weighted by Crippen LogP contribution is 2.18. The first-order chi connectivity index (χ1) is 5.49. The van der Waals surface area contributed by atoms with E-state index in [1.165, 1.54) is 6.92 Å². The summed E-state index contributed by atoms with van der Waals surface area (Å²) in [6, 6.07) is 0. The average molecular weight is 174 g/mol. The van der Waals surface area contributed by atoms with Gasteiger partial charge in [0.2, 0.25) is 0 Å². The third-order valence-electron chi connectivity index (χ3n) is 1.57. The first-order valence-electron chi connectivity index (χ1n) is 3.95. The van der Waals surface area contributed by atoms with E-state index in [1.54, 1.807) is 0 Å². The standard InChI is InChI=1S/C8H14O4/c1-6(9)12-7-4-10-8(2,3)11-5-7/h7H,4-5H2,1-3H3. The number of rotatable bonds is 1. The molecule has 1 fully saturated rings. The van der Waals surface area contributed by atoms with Crippen LogP contribution in [0.3, 0.4) is 0 Å². The van der Waals surface area contributed by atoms with Crippen LogP contribution < -0.4 is 0 Å². The molecule has 1 aliphatic rings. The van der Waals surface area contributed by atoms with E-state index >= 15 is 0 Å². The van der Waals surface area contributed by atoms with Crippen molar-refractivity contribution < 1.29 is 19.0 Å². The van der Waals surface area contributed by atoms with Gasteiger partial charge in [-0.15, -0.1) is 0 Å². The Hall–Kier alpha value is -0.610. The molecule has 1 heterocycles. The summed E-state index contributed by atoms with van der Waals surface area (Å²) < 4.78 is 15.5. The topological polar surface area (TPSA) is 44.8 Å². The maximum Gasteiger partial charge on any atom is 0.303 e. The number of carbonyl (C=O) groups is 1. The highest BCUT2D eigenvalue weighted by atomic mass is 16.7. The van der Waals surface area contributed by atoms with Gasteiger partial charge in [-0.3, -0.25) is 4.79 Å². The average Bonchev–Trinajstić information content (AvgIpc) is 1.93. The van der Waals surface area contributed by atoms with E-state index in [0.29, 0.717) is 13.2 Å². The summed E-state index contributed by atoms with van der Waals surface area (Å²) in [5, 5.41) is 0. The van der Waals surface area contributed by atoms with Gasteiger partial charge in [0, 0.05) is 6.92 Å². The molecule has 1 saturated heterocycles. The molecule has 0 aliphatic carbocycles. The van der Waals surface area contributed by atoms with Gasteiger partial charge in [0.25, 0.3) is 0 Å². The Kier molecular flexibility index (Phi) is 2.69. The lowest BCUT2D eigenvalue weighted by Gasteiger charge is -2.34. The molecule has 0 aromatic heterocycles. The van der Waals surface area contributed by atoms with Crippen LogP contribution in [0.25, 0.3) is 0 Å². The number of ether oxygens (including phenoxy) is 3. The Morgan fingerprint density at radius 1 is 1.42 bits per heavy atom. The van der Waals surface area contributed by atoms with E-state index in [2.05, 4.69) is 0 Å². The summed E-state index contributed by atoms with van der Waals surface area (Å²) in [5.41, 5.74) is 0. The molecular weight excluding hydrogens is 160 g/mol. The largest absolute Gasteiger partial charge is 0.458 e. The molecule has 0 aromatic rings. The summed E-state index contributed by atoms with van der Waals surface area (Å²) in [7, 11) is 0. The highest BCUT2D eigenvalue weighted by molar-refractivity contribution is 5.66. The van der Waals surface area contributed by atoms with Gasteiger partial charge in [-0.1, -0.05) is 0 Å². The molecule has 0 saturated carbocycles. The summed E-state index contributed by atoms with van der Waals surface area (Å²) in [6.45, 7) is 5.85. The monoisotopic (exact) mass is 174 g/mol. The molecule has 0 aromatic carbocycles. The van der Waals surface area contributed by atoms with Crippen LogP contribution in [0.5, 0.6) is 0 Å². The van der Waals surface area contributed by atoms with Gasteiger partial charge in [-0.25, -0.2) is 0 Å². The summed E-state index contributed by atoms with van der Waals surface area (Å²) >= 11 is 0. The Bertz CT molecular complexity index is 166. The fraction of sp³-hybridized carbons (Fsp3) is 0.875. The summed E-state index contributed by atoms with van der Waals surface area (Å²) in [6.07, 6.45) is -0.254. The quantitative estimate of drug-likeness (QED) is 0.549. The number of esters is 1. The van der Waals surface area contributed by atoms with Crippen molar-refractivity contribution in [2.45, 2.75) is 32.7 Å². The first-order valence-corrected chi connectivity index (χ1v) is 3.95. The molecule has 0 N–H and O–H groups in total. The second kappa shape index (κ2) is 3.41. The van der Waals surface area contributed by atoms with Crippen LogP contribution >= 0.6 is 0 Å². The normalized spacial score (nSPS) is 23.6. The molecular formula is C8H14O4. The van der Waals surface area contributed by atoms with Crippen molar-refractivity contribution in [3.05, 3.63) is 0 Å². The van der Waals surface area contributed by atoms with Gasteiger partial charge in [-0.2, -0.15) is 0 Å². The van der Waals surface area contributed by atoms with Crippen molar-refractivity contribution in [1.82, 2.24) is 0 Å². The van der Waals surface area contributed by atoms with Crippen LogP contribution in [-0.4, -0.2) is 31.1 Å². The molecule has 0 spiro atoms. The number of hydrogen-bond donors (Lipinski definition) is 0. The van der Waals surface area contributed by atoms with E-state index in [-0.39, 0.29) is 12.1 Å². The Labute approximate surface area is 71.8 Å². The highest BCUT2D eigenvalue weighted by Gasteiger charge is 2.29. The van der Waals surface area contributed by atoms with Crippen LogP contribution in [0.4, 0.5) is 0 Å². The lowest BCUT2D eigenvalue weighted by Crippen LogP contribution is -2.43. The second-order valence-corrected chi connectivity index (χ2v) is 3.25. The van der Waals surface area contributed by atoms with Crippen LogP contribution in [-0.2, 0) is 19.0 Å². The minimum absolute atomic E-state index is 0.254. The molecule has 12 heavy (non-hydrogen) atoms. The third kappa shape index (κ3) is 2.79. The molecule has 4 heteroatoms. The molecule has 0 amide bonds. The van der Waals surface area contributed by atoms with E-state index in [0.717, 1.165) is 0 Å². The molecule has 0 unspecified atom stereocenters. The zero-order valence-electron chi connectivity index (χ0n) is 7.62. The fourth-order valence-electron chi connectivity index (χ4n) is 0.980. The minimum Gasteiger partial charge on any atom is -0.458 e. The SMILES string of the molecule is CC(=O)OC1COC(C)(C)OC1. The molecule has 70 valence electrons. The zero-order chi connectivity index (χ0) is 9.19. The van der Waals surface area contributed by atoms with Crippen LogP contribution in [0.2, 0.25) is 0 Å². The van der Waals surface area contributed by atoms with Crippen molar-refractivity contribution in [3.63, 3.8) is 0 Å². The fourth-order valence-corrected chi connectivity index (χ4v) is 0.980. The predicted molar refractivity (Wildman–Crippen MR) is 41.5 cm³/mol. The van der Waals surface area contributed by atoms with Crippen molar-refractivity contribution in [2.24, 2.45) is 0 Å². The molecule has 4 nitrogen and oxygen atoms in total. The lowest BCUT2D eigenvalue weighted by atomic mass is 10.3. The van der Waals surface area contributed by atoms with E-state index in [1.807, 2.05) is 13.8 Å². The first kappa shape index (κ1) is 9.48. The summed E-state index contributed by atoms with van der Waals surface area (Å²) in [4.78, 5) is 10.5. The molecule has 1 aliphatic heterocycles. The van der Waals surface area contributed by atoms with Crippen molar-refractivity contribution in [2.75, 3.05) is 13.2 Å². The van der Waals surface area contributed by atoms with Crippen molar-refractivity contribution in [3.8, 4) is 0 Å². The number of carbonyl (C=O) groups excluding carboxylic acids is 1. The lowest BCUT2D eigenvalue weighted by molar-refractivity contribution is -0.275. The van der Waals surface area contributed by atoms with Crippen LogP contribution in [0, 0.1) is 0 Å². The second-order valence-electron chi connectivity index (χ2n) is 3.25. The van der Waals surface area contributed by atoms with Gasteiger partial charge in [0.15, 0.2) is 5.79 Å². The maximum atomic E-state index is 10.5. The Balaban J connectivity index is 2.31. The molecule has 0 atom stereocenters. The minimum atomic E-state index is -0.545. The molecule has 0 radical (unpaired) electrons. The van der Waals surface area contributed by atoms with Crippen LogP contribution in [0.1, 0.15) is 20.8 Å². The van der Waals surface area contributed by atoms with Gasteiger partial charge >= 0.3 is 5.97 Å².